The number of carbonyl (C=O) groups excluding carboxylic acids is 3. The average Bonchev–Trinajstić information content (AvgIpc) is 3.05. The molecule has 2 atom stereocenters. The molecule has 2 saturated heterocycles. The van der Waals surface area contributed by atoms with E-state index in [1.165, 1.54) is 4.90 Å². The largest absolute Gasteiger partial charge is 0.492 e. The minimum atomic E-state index is -0.509. The lowest BCUT2D eigenvalue weighted by molar-refractivity contribution is -0.143. The Hall–Kier alpha value is -2.81. The van der Waals surface area contributed by atoms with Gasteiger partial charge in [-0.05, 0) is 31.4 Å². The second-order valence-electron chi connectivity index (χ2n) is 8.62. The third kappa shape index (κ3) is 5.32. The Bertz CT molecular complexity index is 830. The van der Waals surface area contributed by atoms with E-state index in [4.69, 9.17) is 9.47 Å². The molecule has 0 aliphatic carbocycles. The van der Waals surface area contributed by atoms with Gasteiger partial charge < -0.3 is 29.5 Å². The molecule has 0 spiro atoms. The van der Waals surface area contributed by atoms with Crippen LogP contribution in [0.4, 0.5) is 10.5 Å². The van der Waals surface area contributed by atoms with Crippen LogP contribution in [0.3, 0.4) is 0 Å². The summed E-state index contributed by atoms with van der Waals surface area (Å²) in [7, 11) is 1.61. The number of piperazine rings is 1. The van der Waals surface area contributed by atoms with Crippen LogP contribution in [0.2, 0.25) is 0 Å². The predicted molar refractivity (Wildman–Crippen MR) is 121 cm³/mol. The number of urea groups is 1. The first-order valence-corrected chi connectivity index (χ1v) is 11.2. The summed E-state index contributed by atoms with van der Waals surface area (Å²) < 4.78 is 10.7. The maximum atomic E-state index is 13.2. The molecule has 3 rings (SSSR count). The highest BCUT2D eigenvalue weighted by molar-refractivity contribution is 5.97. The van der Waals surface area contributed by atoms with Crippen molar-refractivity contribution in [1.82, 2.24) is 14.7 Å². The summed E-state index contributed by atoms with van der Waals surface area (Å²) >= 11 is 0. The van der Waals surface area contributed by atoms with Gasteiger partial charge in [-0.2, -0.15) is 0 Å². The summed E-state index contributed by atoms with van der Waals surface area (Å²) in [5.74, 6) is 0.503. The molecular formula is C23H34N4O5. The third-order valence-electron chi connectivity index (χ3n) is 5.74. The van der Waals surface area contributed by atoms with E-state index in [1.54, 1.807) is 29.0 Å². The topological polar surface area (TPSA) is 91.4 Å². The normalized spacial score (nSPS) is 20.7. The van der Waals surface area contributed by atoms with Crippen LogP contribution in [0.1, 0.15) is 27.2 Å². The van der Waals surface area contributed by atoms with Gasteiger partial charge in [0.25, 0.3) is 0 Å². The fraction of sp³-hybridized carbons (Fsp3) is 0.609. The summed E-state index contributed by atoms with van der Waals surface area (Å²) in [6, 6.07) is 6.31. The van der Waals surface area contributed by atoms with E-state index in [1.807, 2.05) is 32.9 Å². The standard InChI is InChI=1S/C23H34N4O5/c1-5-32-20-9-7-6-8-18(20)24-21(28)15-26-14-17-13-25(10-11-31-4)22(29)19(12-16(2)3)27(17)23(26)30/h6-9,16-17,19H,5,10-15H2,1-4H3,(H,24,28)/t17-,19-/m0/s1. The summed E-state index contributed by atoms with van der Waals surface area (Å²) in [6.07, 6.45) is 0.590. The number of methoxy groups -OCH3 is 1. The second-order valence-corrected chi connectivity index (χ2v) is 8.62. The van der Waals surface area contributed by atoms with Gasteiger partial charge in [0.15, 0.2) is 0 Å². The zero-order valence-corrected chi connectivity index (χ0v) is 19.4. The molecule has 176 valence electrons. The lowest BCUT2D eigenvalue weighted by atomic mass is 9.97. The van der Waals surface area contributed by atoms with Crippen LogP contribution in [-0.4, -0.2) is 91.1 Å². The molecule has 2 heterocycles. The number of amides is 4. The molecule has 9 nitrogen and oxygen atoms in total. The van der Waals surface area contributed by atoms with Crippen LogP contribution < -0.4 is 10.1 Å². The number of benzene rings is 1. The molecule has 9 heteroatoms. The molecule has 2 fully saturated rings. The molecule has 0 bridgehead atoms. The van der Waals surface area contributed by atoms with E-state index >= 15 is 0 Å². The molecule has 4 amide bonds. The summed E-state index contributed by atoms with van der Waals surface area (Å²) in [5.41, 5.74) is 0.572. The maximum absolute atomic E-state index is 13.2. The van der Waals surface area contributed by atoms with Gasteiger partial charge in [0.05, 0.1) is 24.9 Å². The van der Waals surface area contributed by atoms with Gasteiger partial charge >= 0.3 is 6.03 Å². The van der Waals surface area contributed by atoms with Crippen molar-refractivity contribution in [3.63, 3.8) is 0 Å². The molecule has 0 unspecified atom stereocenters. The van der Waals surface area contributed by atoms with Crippen LogP contribution in [-0.2, 0) is 14.3 Å². The minimum Gasteiger partial charge on any atom is -0.492 e. The van der Waals surface area contributed by atoms with Crippen molar-refractivity contribution in [2.24, 2.45) is 5.92 Å². The first-order valence-electron chi connectivity index (χ1n) is 11.2. The third-order valence-corrected chi connectivity index (χ3v) is 5.74. The summed E-state index contributed by atoms with van der Waals surface area (Å²) in [5, 5.41) is 2.84. The highest BCUT2D eigenvalue weighted by Crippen LogP contribution is 2.29. The van der Waals surface area contributed by atoms with Crippen molar-refractivity contribution >= 4 is 23.5 Å². The Morgan fingerprint density at radius 2 is 1.91 bits per heavy atom. The van der Waals surface area contributed by atoms with Crippen molar-refractivity contribution < 1.29 is 23.9 Å². The van der Waals surface area contributed by atoms with Gasteiger partial charge in [-0.3, -0.25) is 9.59 Å². The molecule has 0 aromatic heterocycles. The fourth-order valence-electron chi connectivity index (χ4n) is 4.36. The number of anilines is 1. The summed E-state index contributed by atoms with van der Waals surface area (Å²) in [4.78, 5) is 44.0. The fourth-order valence-corrected chi connectivity index (χ4v) is 4.36. The molecule has 2 aliphatic rings. The van der Waals surface area contributed by atoms with E-state index in [0.717, 1.165) is 0 Å². The molecule has 1 aromatic carbocycles. The first kappa shape index (κ1) is 23.8. The van der Waals surface area contributed by atoms with Gasteiger partial charge in [0.1, 0.15) is 18.3 Å². The monoisotopic (exact) mass is 446 g/mol. The van der Waals surface area contributed by atoms with Crippen molar-refractivity contribution in [3.8, 4) is 5.75 Å². The molecule has 32 heavy (non-hydrogen) atoms. The Morgan fingerprint density at radius 1 is 1.19 bits per heavy atom. The molecule has 0 saturated carbocycles. The van der Waals surface area contributed by atoms with E-state index in [2.05, 4.69) is 5.32 Å². The van der Waals surface area contributed by atoms with Crippen LogP contribution in [0, 0.1) is 5.92 Å². The van der Waals surface area contributed by atoms with Crippen molar-refractivity contribution in [1.29, 1.82) is 0 Å². The van der Waals surface area contributed by atoms with E-state index < -0.39 is 6.04 Å². The number of nitrogens with zero attached hydrogens (tertiary/aromatic N) is 3. The molecule has 1 N–H and O–H groups in total. The average molecular weight is 447 g/mol. The quantitative estimate of drug-likeness (QED) is 0.594. The lowest BCUT2D eigenvalue weighted by Crippen LogP contribution is -2.61. The van der Waals surface area contributed by atoms with Gasteiger partial charge in [-0.15, -0.1) is 0 Å². The Balaban J connectivity index is 1.71. The molecular weight excluding hydrogens is 412 g/mol. The zero-order chi connectivity index (χ0) is 23.3. The second kappa shape index (κ2) is 10.7. The van der Waals surface area contributed by atoms with Crippen molar-refractivity contribution in [2.75, 3.05) is 51.8 Å². The number of para-hydroxylation sites is 2. The van der Waals surface area contributed by atoms with Crippen molar-refractivity contribution in [2.45, 2.75) is 39.3 Å². The Labute approximate surface area is 189 Å². The number of carbonyl (C=O) groups is 3. The molecule has 0 radical (unpaired) electrons. The lowest BCUT2D eigenvalue weighted by Gasteiger charge is -2.42. The van der Waals surface area contributed by atoms with Gasteiger partial charge in [0, 0.05) is 26.7 Å². The minimum absolute atomic E-state index is 0.0442. The van der Waals surface area contributed by atoms with Crippen LogP contribution in [0.25, 0.3) is 0 Å². The predicted octanol–water partition coefficient (Wildman–Crippen LogP) is 2.03. The number of nitrogens with one attached hydrogen (secondary N) is 1. The number of rotatable bonds is 10. The Morgan fingerprint density at radius 3 is 2.59 bits per heavy atom. The highest BCUT2D eigenvalue weighted by Gasteiger charge is 2.49. The van der Waals surface area contributed by atoms with Crippen LogP contribution in [0.15, 0.2) is 24.3 Å². The number of hydrogen-bond acceptors (Lipinski definition) is 5. The van der Waals surface area contributed by atoms with Crippen LogP contribution in [0.5, 0.6) is 5.75 Å². The van der Waals surface area contributed by atoms with Crippen molar-refractivity contribution in [3.05, 3.63) is 24.3 Å². The SMILES string of the molecule is CCOc1ccccc1NC(=O)CN1C[C@@H]2CN(CCOC)C(=O)[C@H](CC(C)C)N2C1=O. The maximum Gasteiger partial charge on any atom is 0.321 e. The van der Waals surface area contributed by atoms with E-state index in [9.17, 15) is 14.4 Å². The Kier molecular flexibility index (Phi) is 7.95. The van der Waals surface area contributed by atoms with Gasteiger partial charge in [-0.25, -0.2) is 4.79 Å². The van der Waals surface area contributed by atoms with E-state index in [0.29, 0.717) is 50.7 Å². The highest BCUT2D eigenvalue weighted by atomic mass is 16.5. The molecule has 2 aliphatic heterocycles. The van der Waals surface area contributed by atoms with Crippen LogP contribution >= 0.6 is 0 Å². The zero-order valence-electron chi connectivity index (χ0n) is 19.4. The number of hydrogen-bond donors (Lipinski definition) is 1. The number of fused-ring (bicyclic) bond motifs is 1. The van der Waals surface area contributed by atoms with E-state index in [-0.39, 0.29) is 36.3 Å². The van der Waals surface area contributed by atoms with Gasteiger partial charge in [0.2, 0.25) is 11.8 Å². The number of ether oxygens (including phenoxy) is 2. The van der Waals surface area contributed by atoms with Gasteiger partial charge in [-0.1, -0.05) is 26.0 Å². The first-order chi connectivity index (χ1) is 15.3. The summed E-state index contributed by atoms with van der Waals surface area (Å²) in [6.45, 7) is 8.17. The molecule has 1 aromatic rings. The smallest absolute Gasteiger partial charge is 0.321 e.